The van der Waals surface area contributed by atoms with E-state index in [0.29, 0.717) is 25.7 Å². The summed E-state index contributed by atoms with van der Waals surface area (Å²) in [5, 5.41) is 8.31. The highest BCUT2D eigenvalue weighted by atomic mass is 35.5. The Labute approximate surface area is 372 Å². The summed E-state index contributed by atoms with van der Waals surface area (Å²) in [6.07, 6.45) is -3.13. The Morgan fingerprint density at radius 1 is 0.905 bits per heavy atom. The van der Waals surface area contributed by atoms with E-state index in [2.05, 4.69) is 16.0 Å². The van der Waals surface area contributed by atoms with Gasteiger partial charge in [0.15, 0.2) is 0 Å². The Morgan fingerprint density at radius 2 is 1.56 bits per heavy atom. The van der Waals surface area contributed by atoms with Gasteiger partial charge in [0.1, 0.15) is 47.5 Å². The molecule has 2 aliphatic heterocycles. The van der Waals surface area contributed by atoms with Crippen molar-refractivity contribution < 1.29 is 51.1 Å². The number of hydrogen-bond donors (Lipinski definition) is 3. The molecule has 7 amide bonds. The first-order valence-corrected chi connectivity index (χ1v) is 22.4. The number of nitrogens with one attached hydrogen (secondary N) is 3. The van der Waals surface area contributed by atoms with Crippen molar-refractivity contribution in [2.45, 2.75) is 154 Å². The molecule has 0 spiro atoms. The molecule has 6 atom stereocenters. The van der Waals surface area contributed by atoms with Gasteiger partial charge in [-0.25, -0.2) is 4.39 Å². The van der Waals surface area contributed by atoms with Gasteiger partial charge in [0.25, 0.3) is 0 Å². The first-order valence-electron chi connectivity index (χ1n) is 22.1. The van der Waals surface area contributed by atoms with Crippen LogP contribution in [0.25, 0.3) is 0 Å². The van der Waals surface area contributed by atoms with Crippen LogP contribution in [0, 0.1) is 17.2 Å². The van der Waals surface area contributed by atoms with Gasteiger partial charge in [-0.15, -0.1) is 0 Å². The maximum Gasteiger partial charge on any atom is 0.403 e. The van der Waals surface area contributed by atoms with Crippen LogP contribution in [-0.2, 0) is 40.0 Å². The average molecular weight is 914 g/mol. The topological polar surface area (TPSA) is 169 Å². The Morgan fingerprint density at radius 3 is 2.17 bits per heavy atom. The highest BCUT2D eigenvalue weighted by Crippen LogP contribution is 2.51. The van der Waals surface area contributed by atoms with Crippen molar-refractivity contribution in [2.75, 3.05) is 34.2 Å². The number of carbonyl (C=O) groups excluding carboxylic acids is 7. The molecule has 4 rings (SSSR count). The van der Waals surface area contributed by atoms with E-state index in [9.17, 15) is 51.1 Å². The smallest absolute Gasteiger partial charge is 0.344 e. The molecule has 2 saturated heterocycles. The molecule has 1 aliphatic carbocycles. The summed E-state index contributed by atoms with van der Waals surface area (Å²) in [7, 11) is 4.30. The molecule has 14 nitrogen and oxygen atoms in total. The normalized spacial score (nSPS) is 25.1. The third-order valence-electron chi connectivity index (χ3n) is 12.8. The number of alkyl halides is 3. The SMILES string of the molecule is CC[C@H]1NC(=O)[C@H](Cc2cc(F)ccc2Cl)N(C)C(=O)[C@H](CC(C)C)NC(=O)[C@@H](N(C)C(=O)[C@H](C)NC(=O)[C@@H]2CCCN2C(=O)C2(C(F)(F)F)CCCCC2)CCCCN(C)C1=O. The van der Waals surface area contributed by atoms with Crippen molar-refractivity contribution in [3.05, 3.63) is 34.6 Å². The molecule has 3 N–H and O–H groups in total. The predicted molar refractivity (Wildman–Crippen MR) is 227 cm³/mol. The average Bonchev–Trinajstić information content (AvgIpc) is 3.73. The molecular formula is C44H64ClF4N7O7. The van der Waals surface area contributed by atoms with Crippen LogP contribution in [0.1, 0.15) is 110 Å². The lowest BCUT2D eigenvalue weighted by atomic mass is 9.72. The van der Waals surface area contributed by atoms with Crippen LogP contribution in [0.5, 0.6) is 0 Å². The Kier molecular flexibility index (Phi) is 17.8. The summed E-state index contributed by atoms with van der Waals surface area (Å²) in [4.78, 5) is 103. The number of likely N-dealkylation sites (N-methyl/N-ethyl adjacent to an activating group) is 3. The number of likely N-dealkylation sites (tertiary alicyclic amines) is 1. The molecule has 1 saturated carbocycles. The van der Waals surface area contributed by atoms with Crippen molar-refractivity contribution in [3.63, 3.8) is 0 Å². The van der Waals surface area contributed by atoms with E-state index in [1.807, 2.05) is 13.8 Å². The van der Waals surface area contributed by atoms with Crippen molar-refractivity contribution in [2.24, 2.45) is 11.3 Å². The number of nitrogens with zero attached hydrogens (tertiary/aromatic N) is 4. The van der Waals surface area contributed by atoms with E-state index in [1.165, 1.54) is 32.0 Å². The lowest BCUT2D eigenvalue weighted by Crippen LogP contribution is -2.60. The number of rotatable bonds is 10. The van der Waals surface area contributed by atoms with Crippen LogP contribution in [-0.4, -0.2) is 138 Å². The number of carbonyl (C=O) groups is 7. The monoisotopic (exact) mass is 913 g/mol. The zero-order valence-corrected chi connectivity index (χ0v) is 38.2. The van der Waals surface area contributed by atoms with Gasteiger partial charge in [-0.1, -0.05) is 51.6 Å². The number of amides is 7. The van der Waals surface area contributed by atoms with Crippen LogP contribution in [0.2, 0.25) is 5.02 Å². The predicted octanol–water partition coefficient (Wildman–Crippen LogP) is 4.75. The van der Waals surface area contributed by atoms with Crippen LogP contribution in [0.4, 0.5) is 17.6 Å². The van der Waals surface area contributed by atoms with E-state index in [1.54, 1.807) is 14.0 Å². The van der Waals surface area contributed by atoms with Crippen molar-refractivity contribution >= 4 is 53.0 Å². The summed E-state index contributed by atoms with van der Waals surface area (Å²) >= 11 is 6.41. The fourth-order valence-electron chi connectivity index (χ4n) is 9.01. The van der Waals surface area contributed by atoms with Gasteiger partial charge in [0.05, 0.1) is 0 Å². The van der Waals surface area contributed by atoms with E-state index in [4.69, 9.17) is 11.6 Å². The highest BCUT2D eigenvalue weighted by Gasteiger charge is 2.62. The molecule has 0 radical (unpaired) electrons. The van der Waals surface area contributed by atoms with E-state index in [0.717, 1.165) is 26.8 Å². The van der Waals surface area contributed by atoms with Crippen LogP contribution in [0.3, 0.4) is 0 Å². The summed E-state index contributed by atoms with van der Waals surface area (Å²) in [5.74, 6) is -5.85. The van der Waals surface area contributed by atoms with Gasteiger partial charge in [-0.05, 0) is 94.4 Å². The molecule has 19 heteroatoms. The first-order chi connectivity index (χ1) is 29.5. The van der Waals surface area contributed by atoms with Gasteiger partial charge in [0.2, 0.25) is 41.4 Å². The molecule has 1 aromatic carbocycles. The standard InChI is InChI=1S/C44H64ClF4N7O7/c1-8-31-40(61)53(5)21-13-10-15-33(36(57)52-32(23-26(2)3)41(62)55(7)35(38(59)51-31)25-28-24-29(46)17-18-30(28)45)54(6)39(60)27(4)50-37(58)34-16-14-22-56(34)42(63)43(44(47,48)49)19-11-9-12-20-43/h17-18,24,26-27,31-35H,8-16,19-23,25H2,1-7H3,(H,50,58)(H,51,59)(H,52,57)/t27-,31+,32-,33-,34-,35-/m0/s1. The van der Waals surface area contributed by atoms with E-state index < -0.39 is 95.0 Å². The molecular weight excluding hydrogens is 850 g/mol. The fraction of sp³-hybridized carbons (Fsp3) is 0.705. The maximum absolute atomic E-state index is 14.5. The second kappa shape index (κ2) is 21.9. The van der Waals surface area contributed by atoms with Gasteiger partial charge >= 0.3 is 6.18 Å². The highest BCUT2D eigenvalue weighted by molar-refractivity contribution is 6.31. The lowest BCUT2D eigenvalue weighted by Gasteiger charge is -2.41. The summed E-state index contributed by atoms with van der Waals surface area (Å²) < 4.78 is 57.9. The van der Waals surface area contributed by atoms with Gasteiger partial charge in [-0.2, -0.15) is 13.2 Å². The molecule has 0 aromatic heterocycles. The molecule has 0 bridgehead atoms. The molecule has 0 unspecified atom stereocenters. The third-order valence-corrected chi connectivity index (χ3v) is 13.2. The van der Waals surface area contributed by atoms with Crippen molar-refractivity contribution in [3.8, 4) is 0 Å². The summed E-state index contributed by atoms with van der Waals surface area (Å²) in [6.45, 7) is 6.96. The number of benzene rings is 1. The summed E-state index contributed by atoms with van der Waals surface area (Å²) in [6, 6.07) is -3.53. The molecule has 3 aliphatic rings. The number of halogens is 5. The zero-order chi connectivity index (χ0) is 47.0. The largest absolute Gasteiger partial charge is 0.403 e. The molecule has 3 fully saturated rings. The quantitative estimate of drug-likeness (QED) is 0.285. The number of hydrogen-bond acceptors (Lipinski definition) is 7. The molecule has 1 aromatic rings. The van der Waals surface area contributed by atoms with Crippen LogP contribution >= 0.6 is 11.6 Å². The second-order valence-electron chi connectivity index (χ2n) is 17.8. The van der Waals surface area contributed by atoms with Crippen molar-refractivity contribution in [1.29, 1.82) is 0 Å². The zero-order valence-electron chi connectivity index (χ0n) is 37.4. The minimum Gasteiger partial charge on any atom is -0.344 e. The summed E-state index contributed by atoms with van der Waals surface area (Å²) in [5.41, 5.74) is -2.34. The first kappa shape index (κ1) is 51.2. The van der Waals surface area contributed by atoms with Gasteiger partial charge in [0, 0.05) is 45.7 Å². The third kappa shape index (κ3) is 12.2. The Hall–Kier alpha value is -4.48. The Balaban J connectivity index is 1.61. The molecule has 63 heavy (non-hydrogen) atoms. The lowest BCUT2D eigenvalue weighted by molar-refractivity contribution is -0.236. The van der Waals surface area contributed by atoms with E-state index in [-0.39, 0.29) is 87.4 Å². The van der Waals surface area contributed by atoms with Crippen LogP contribution < -0.4 is 16.0 Å². The minimum absolute atomic E-state index is 0.0332. The maximum atomic E-state index is 14.5. The van der Waals surface area contributed by atoms with Gasteiger partial charge < -0.3 is 35.6 Å². The molecule has 2 heterocycles. The van der Waals surface area contributed by atoms with Crippen molar-refractivity contribution in [1.82, 2.24) is 35.6 Å². The second-order valence-corrected chi connectivity index (χ2v) is 18.2. The van der Waals surface area contributed by atoms with Crippen LogP contribution in [0.15, 0.2) is 18.2 Å². The molecule has 352 valence electrons. The Bertz CT molecular complexity index is 1850. The van der Waals surface area contributed by atoms with E-state index >= 15 is 0 Å². The minimum atomic E-state index is -4.80. The van der Waals surface area contributed by atoms with Gasteiger partial charge in [-0.3, -0.25) is 33.6 Å². The fourth-order valence-corrected chi connectivity index (χ4v) is 9.20.